The molecule has 0 saturated carbocycles. The Hall–Kier alpha value is -2.71. The van der Waals surface area contributed by atoms with Gasteiger partial charge in [0.1, 0.15) is 6.04 Å². The van der Waals surface area contributed by atoms with Gasteiger partial charge in [0.25, 0.3) is 0 Å². The highest BCUT2D eigenvalue weighted by Crippen LogP contribution is 2.31. The summed E-state index contributed by atoms with van der Waals surface area (Å²) in [6, 6.07) is 11.4. The minimum Gasteiger partial charge on any atom is -0.325 e. The van der Waals surface area contributed by atoms with Crippen molar-refractivity contribution >= 4 is 33.2 Å². The van der Waals surface area contributed by atoms with E-state index in [9.17, 15) is 18.0 Å². The number of carbonyl (C=O) groups is 2. The van der Waals surface area contributed by atoms with Gasteiger partial charge in [-0.15, -0.1) is 0 Å². The Morgan fingerprint density at radius 3 is 2.36 bits per heavy atom. The molecule has 0 aromatic heterocycles. The summed E-state index contributed by atoms with van der Waals surface area (Å²) in [4.78, 5) is 26.9. The normalized spacial score (nSPS) is 14.3. The van der Waals surface area contributed by atoms with Crippen molar-refractivity contribution in [2.45, 2.75) is 64.3 Å². The van der Waals surface area contributed by atoms with Crippen molar-refractivity contribution in [3.05, 3.63) is 53.6 Å². The fraction of sp³-hybridized carbons (Fsp3) is 0.440. The third-order valence-electron chi connectivity index (χ3n) is 5.81. The van der Waals surface area contributed by atoms with Crippen molar-refractivity contribution in [1.29, 1.82) is 0 Å². The number of anilines is 2. The molecule has 0 radical (unpaired) electrons. The average Bonchev–Trinajstić information content (AvgIpc) is 3.21. The molecule has 0 bridgehead atoms. The SMILES string of the molecule is CCC(=O)N1CCc2cc(S(=O)(=O)N[C@@H](CC(C)C)C(=O)Nc3ccc(CC)cc3)ccc21. The molecule has 0 spiro atoms. The number of sulfonamides is 1. The van der Waals surface area contributed by atoms with Crippen molar-refractivity contribution in [1.82, 2.24) is 4.72 Å². The minimum absolute atomic E-state index is 0.0168. The summed E-state index contributed by atoms with van der Waals surface area (Å²) in [5, 5.41) is 2.83. The number of carbonyl (C=O) groups excluding carboxylic acids is 2. The Morgan fingerprint density at radius 2 is 1.76 bits per heavy atom. The number of nitrogens with zero attached hydrogens (tertiary/aromatic N) is 1. The van der Waals surface area contributed by atoms with Crippen LogP contribution in [0.1, 0.15) is 51.7 Å². The highest BCUT2D eigenvalue weighted by molar-refractivity contribution is 7.89. The number of hydrogen-bond acceptors (Lipinski definition) is 4. The van der Waals surface area contributed by atoms with E-state index < -0.39 is 22.0 Å². The molecule has 3 rings (SSSR count). The van der Waals surface area contributed by atoms with Gasteiger partial charge in [0.15, 0.2) is 0 Å². The summed E-state index contributed by atoms with van der Waals surface area (Å²) in [5.41, 5.74) is 3.36. The number of benzene rings is 2. The predicted molar refractivity (Wildman–Crippen MR) is 131 cm³/mol. The Labute approximate surface area is 196 Å². The lowest BCUT2D eigenvalue weighted by Crippen LogP contribution is -2.44. The summed E-state index contributed by atoms with van der Waals surface area (Å²) in [7, 11) is -3.93. The second-order valence-corrected chi connectivity index (χ2v) is 10.5. The highest BCUT2D eigenvalue weighted by atomic mass is 32.2. The standard InChI is InChI=1S/C25H33N3O4S/c1-5-18-7-9-20(10-8-18)26-25(30)22(15-17(3)4)27-33(31,32)21-11-12-23-19(16-21)13-14-28(23)24(29)6-2/h7-12,16-17,22,27H,5-6,13-15H2,1-4H3,(H,26,30)/t22-/m0/s1. The van der Waals surface area contributed by atoms with Crippen molar-refractivity contribution in [3.8, 4) is 0 Å². The van der Waals surface area contributed by atoms with Gasteiger partial charge in [0.2, 0.25) is 21.8 Å². The molecule has 1 heterocycles. The first-order chi connectivity index (χ1) is 15.6. The number of rotatable bonds is 9. The molecular formula is C25H33N3O4S. The van der Waals surface area contributed by atoms with E-state index in [2.05, 4.69) is 17.0 Å². The number of fused-ring (bicyclic) bond motifs is 1. The molecule has 0 aliphatic carbocycles. The van der Waals surface area contributed by atoms with Crippen molar-refractivity contribution in [2.75, 3.05) is 16.8 Å². The minimum atomic E-state index is -3.93. The number of nitrogens with one attached hydrogen (secondary N) is 2. The Balaban J connectivity index is 1.79. The monoisotopic (exact) mass is 471 g/mol. The molecule has 178 valence electrons. The van der Waals surface area contributed by atoms with Crippen LogP contribution in [0.2, 0.25) is 0 Å². The molecule has 2 N–H and O–H groups in total. The maximum Gasteiger partial charge on any atom is 0.242 e. The van der Waals surface area contributed by atoms with Gasteiger partial charge >= 0.3 is 0 Å². The molecule has 8 heteroatoms. The van der Waals surface area contributed by atoms with Gasteiger partial charge < -0.3 is 10.2 Å². The quantitative estimate of drug-likeness (QED) is 0.580. The van der Waals surface area contributed by atoms with Crippen LogP contribution >= 0.6 is 0 Å². The molecule has 0 unspecified atom stereocenters. The molecule has 1 atom stereocenters. The molecular weight excluding hydrogens is 438 g/mol. The van der Waals surface area contributed by atoms with E-state index >= 15 is 0 Å². The van der Waals surface area contributed by atoms with Gasteiger partial charge in [-0.3, -0.25) is 9.59 Å². The zero-order valence-electron chi connectivity index (χ0n) is 19.7. The summed E-state index contributed by atoms with van der Waals surface area (Å²) in [5.74, 6) is -0.264. The van der Waals surface area contributed by atoms with Crippen LogP contribution in [0.3, 0.4) is 0 Å². The van der Waals surface area contributed by atoms with Gasteiger partial charge in [0.05, 0.1) is 4.90 Å². The Bertz CT molecular complexity index is 1110. The van der Waals surface area contributed by atoms with Crippen LogP contribution in [0.4, 0.5) is 11.4 Å². The van der Waals surface area contributed by atoms with Gasteiger partial charge in [-0.1, -0.05) is 39.8 Å². The fourth-order valence-corrected chi connectivity index (χ4v) is 5.24. The zero-order chi connectivity index (χ0) is 24.2. The molecule has 2 aromatic carbocycles. The summed E-state index contributed by atoms with van der Waals surface area (Å²) < 4.78 is 28.9. The summed E-state index contributed by atoms with van der Waals surface area (Å²) in [6.45, 7) is 8.30. The third kappa shape index (κ3) is 6.00. The molecule has 1 aliphatic heterocycles. The van der Waals surface area contributed by atoms with E-state index in [1.807, 2.05) is 38.1 Å². The second kappa shape index (κ2) is 10.5. The maximum atomic E-state index is 13.2. The first kappa shape index (κ1) is 24.9. The smallest absolute Gasteiger partial charge is 0.242 e. The van der Waals surface area contributed by atoms with Crippen molar-refractivity contribution in [2.24, 2.45) is 5.92 Å². The van der Waals surface area contributed by atoms with E-state index in [1.165, 1.54) is 6.07 Å². The summed E-state index contributed by atoms with van der Waals surface area (Å²) >= 11 is 0. The topological polar surface area (TPSA) is 95.6 Å². The van der Waals surface area contributed by atoms with E-state index in [0.29, 0.717) is 31.5 Å². The van der Waals surface area contributed by atoms with E-state index in [-0.39, 0.29) is 16.7 Å². The van der Waals surface area contributed by atoms with Crippen LogP contribution in [0, 0.1) is 5.92 Å². The van der Waals surface area contributed by atoms with Crippen molar-refractivity contribution < 1.29 is 18.0 Å². The first-order valence-electron chi connectivity index (χ1n) is 11.5. The van der Waals surface area contributed by atoms with Crippen LogP contribution in [-0.4, -0.2) is 32.8 Å². The molecule has 2 aromatic rings. The predicted octanol–water partition coefficient (Wildman–Crippen LogP) is 3.88. The van der Waals surface area contributed by atoms with Crippen LogP contribution < -0.4 is 14.9 Å². The number of aryl methyl sites for hydroxylation is 1. The second-order valence-electron chi connectivity index (χ2n) is 8.78. The van der Waals surface area contributed by atoms with E-state index in [4.69, 9.17) is 0 Å². The highest BCUT2D eigenvalue weighted by Gasteiger charge is 2.29. The van der Waals surface area contributed by atoms with Crippen LogP contribution in [0.15, 0.2) is 47.4 Å². The summed E-state index contributed by atoms with van der Waals surface area (Å²) in [6.07, 6.45) is 2.26. The number of amides is 2. The van der Waals surface area contributed by atoms with Gasteiger partial charge in [-0.05, 0) is 66.6 Å². The molecule has 2 amide bonds. The lowest BCUT2D eigenvalue weighted by molar-refractivity contribution is -0.118. The van der Waals surface area contributed by atoms with Gasteiger partial charge in [-0.25, -0.2) is 8.42 Å². The Morgan fingerprint density at radius 1 is 1.06 bits per heavy atom. The molecule has 33 heavy (non-hydrogen) atoms. The fourth-order valence-electron chi connectivity index (χ4n) is 3.98. The molecule has 0 fully saturated rings. The largest absolute Gasteiger partial charge is 0.325 e. The first-order valence-corrected chi connectivity index (χ1v) is 13.0. The lowest BCUT2D eigenvalue weighted by Gasteiger charge is -2.21. The molecule has 1 aliphatic rings. The average molecular weight is 472 g/mol. The van der Waals surface area contributed by atoms with E-state index in [0.717, 1.165) is 23.2 Å². The number of hydrogen-bond donors (Lipinski definition) is 2. The van der Waals surface area contributed by atoms with Crippen LogP contribution in [-0.2, 0) is 32.5 Å². The Kier molecular flexibility index (Phi) is 7.92. The maximum absolute atomic E-state index is 13.2. The van der Waals surface area contributed by atoms with Crippen molar-refractivity contribution in [3.63, 3.8) is 0 Å². The molecule has 0 saturated heterocycles. The zero-order valence-corrected chi connectivity index (χ0v) is 20.5. The van der Waals surface area contributed by atoms with Gasteiger partial charge in [-0.2, -0.15) is 4.72 Å². The van der Waals surface area contributed by atoms with Crippen LogP contribution in [0.25, 0.3) is 0 Å². The van der Waals surface area contributed by atoms with E-state index in [1.54, 1.807) is 24.0 Å². The van der Waals surface area contributed by atoms with Gasteiger partial charge in [0, 0.05) is 24.3 Å². The molecule has 7 nitrogen and oxygen atoms in total. The third-order valence-corrected chi connectivity index (χ3v) is 7.28. The van der Waals surface area contributed by atoms with Crippen LogP contribution in [0.5, 0.6) is 0 Å². The lowest BCUT2D eigenvalue weighted by atomic mass is 10.0.